The first-order chi connectivity index (χ1) is 11.4. The highest BCUT2D eigenvalue weighted by Crippen LogP contribution is 2.35. The van der Waals surface area contributed by atoms with Crippen LogP contribution >= 0.6 is 7.60 Å². The molecule has 9 heteroatoms. The Hall–Kier alpha value is -1.24. The second-order valence-corrected chi connectivity index (χ2v) is 6.19. The van der Waals surface area contributed by atoms with Crippen LogP contribution in [0.15, 0.2) is 10.3 Å². The van der Waals surface area contributed by atoms with E-state index in [1.807, 2.05) is 6.92 Å². The van der Waals surface area contributed by atoms with Crippen LogP contribution < -0.4 is 0 Å². The molecule has 0 bridgehead atoms. The summed E-state index contributed by atoms with van der Waals surface area (Å²) >= 11 is 0. The molecule has 8 nitrogen and oxygen atoms in total. The number of hydrogen-bond donors (Lipinski definition) is 1. The summed E-state index contributed by atoms with van der Waals surface area (Å²) in [7, 11) is -3.35. The zero-order valence-electron chi connectivity index (χ0n) is 15.5. The average Bonchev–Trinajstić information content (AvgIpc) is 2.51. The van der Waals surface area contributed by atoms with Gasteiger partial charge in [-0.15, -0.1) is 0 Å². The monoisotopic (exact) mass is 368 g/mol. The molecule has 0 amide bonds. The minimum Gasteiger partial charge on any atom is -0.396 e. The Balaban J connectivity index is -0.000000317. The van der Waals surface area contributed by atoms with Gasteiger partial charge in [0.15, 0.2) is 0 Å². The summed E-state index contributed by atoms with van der Waals surface area (Å²) in [4.78, 5) is 26.9. The zero-order valence-corrected chi connectivity index (χ0v) is 16.4. The van der Waals surface area contributed by atoms with E-state index in [0.717, 1.165) is 26.0 Å². The first kappa shape index (κ1) is 27.6. The van der Waals surface area contributed by atoms with Crippen molar-refractivity contribution < 1.29 is 28.5 Å². The van der Waals surface area contributed by atoms with Crippen LogP contribution in [0.25, 0.3) is 0 Å². The molecule has 0 radical (unpaired) electrons. The Labute approximate surface area is 145 Å². The predicted molar refractivity (Wildman–Crippen MR) is 97.8 cm³/mol. The van der Waals surface area contributed by atoms with Gasteiger partial charge in [-0.3, -0.25) is 4.57 Å². The van der Waals surface area contributed by atoms with Crippen molar-refractivity contribution in [3.8, 4) is 0 Å². The van der Waals surface area contributed by atoms with Gasteiger partial charge in [-0.2, -0.15) is 0 Å². The normalized spacial score (nSPS) is 12.6. The number of aldehydes is 1. The van der Waals surface area contributed by atoms with Crippen LogP contribution in [0.2, 0.25) is 0 Å². The molecule has 0 rings (SSSR count). The maximum atomic E-state index is 10.5. The van der Waals surface area contributed by atoms with Gasteiger partial charge in [-0.1, -0.05) is 30.1 Å². The second-order valence-electron chi connectivity index (χ2n) is 4.33. The summed E-state index contributed by atoms with van der Waals surface area (Å²) in [5, 5.41) is 7.06. The number of nitrogens with zero attached hydrogens (tertiary/aromatic N) is 2. The van der Waals surface area contributed by atoms with E-state index in [4.69, 9.17) is 14.5 Å². The molecule has 0 heterocycles. The molecule has 144 valence electrons. The minimum absolute atomic E-state index is 0.0710. The van der Waals surface area contributed by atoms with E-state index in [0.29, 0.717) is 0 Å². The minimum atomic E-state index is -3.35. The van der Waals surface area contributed by atoms with Gasteiger partial charge in [0, 0.05) is 19.1 Å². The predicted octanol–water partition coefficient (Wildman–Crippen LogP) is 3.63. The second kappa shape index (κ2) is 24.0. The Morgan fingerprint density at radius 3 is 1.88 bits per heavy atom. The third kappa shape index (κ3) is 42.8. The van der Waals surface area contributed by atoms with Gasteiger partial charge in [-0.05, 0) is 33.6 Å². The zero-order chi connectivity index (χ0) is 19.1. The molecule has 0 fully saturated rings. The number of oxime groups is 2. The van der Waals surface area contributed by atoms with E-state index in [2.05, 4.69) is 26.6 Å². The lowest BCUT2D eigenvalue weighted by atomic mass is 10.2. The molecule has 1 N–H and O–H groups in total. The molecule has 0 aliphatic rings. The quantitative estimate of drug-likeness (QED) is 0.196. The standard InChI is InChI=1S/C8H17NO.C5H12NO4P.C2H4O/c1-3-5-6-7-8-10-9-4-2;1-3-6-9-4-5-10-11(2,7)8;1-2-3/h4H,3,5-8H2,1-2H3;3H,4-5H2,1-2H3,(H,7,8);2H,1H3. The molecule has 0 aromatic heterocycles. The number of unbranched alkanes of at least 4 members (excludes halogenated alkanes) is 3. The molecule has 0 aliphatic heterocycles. The highest BCUT2D eigenvalue weighted by molar-refractivity contribution is 7.51. The van der Waals surface area contributed by atoms with Crippen LogP contribution in [-0.4, -0.2) is 50.1 Å². The van der Waals surface area contributed by atoms with Gasteiger partial charge in [0.1, 0.15) is 19.5 Å². The van der Waals surface area contributed by atoms with Gasteiger partial charge < -0.3 is 23.9 Å². The van der Waals surface area contributed by atoms with Gasteiger partial charge in [-0.25, -0.2) is 0 Å². The van der Waals surface area contributed by atoms with Crippen molar-refractivity contribution in [1.82, 2.24) is 0 Å². The summed E-state index contributed by atoms with van der Waals surface area (Å²) < 4.78 is 15.0. The Morgan fingerprint density at radius 2 is 1.46 bits per heavy atom. The smallest absolute Gasteiger partial charge is 0.325 e. The van der Waals surface area contributed by atoms with Gasteiger partial charge in [0.2, 0.25) is 0 Å². The summed E-state index contributed by atoms with van der Waals surface area (Å²) in [6, 6.07) is 0. The molecule has 0 aromatic carbocycles. The summed E-state index contributed by atoms with van der Waals surface area (Å²) in [5.74, 6) is 0. The van der Waals surface area contributed by atoms with Crippen molar-refractivity contribution in [2.24, 2.45) is 10.3 Å². The number of carbonyl (C=O) groups is 1. The lowest BCUT2D eigenvalue weighted by molar-refractivity contribution is -0.106. The lowest BCUT2D eigenvalue weighted by Gasteiger charge is -2.04. The van der Waals surface area contributed by atoms with E-state index >= 15 is 0 Å². The van der Waals surface area contributed by atoms with Crippen molar-refractivity contribution in [3.63, 3.8) is 0 Å². The van der Waals surface area contributed by atoms with E-state index < -0.39 is 7.60 Å². The third-order valence-corrected chi connectivity index (χ3v) is 2.62. The van der Waals surface area contributed by atoms with Crippen LogP contribution in [0.4, 0.5) is 0 Å². The molecule has 0 aromatic rings. The highest BCUT2D eigenvalue weighted by atomic mass is 31.2. The molecule has 0 saturated carbocycles. The summed E-state index contributed by atoms with van der Waals surface area (Å²) in [5.41, 5.74) is 0. The molecular weight excluding hydrogens is 335 g/mol. The molecular formula is C15H33N2O6P. The van der Waals surface area contributed by atoms with E-state index in [9.17, 15) is 4.57 Å². The number of rotatable bonds is 11. The molecule has 24 heavy (non-hydrogen) atoms. The number of hydrogen-bond acceptors (Lipinski definition) is 7. The molecule has 0 aliphatic carbocycles. The fourth-order valence-electron chi connectivity index (χ4n) is 1.09. The van der Waals surface area contributed by atoms with Gasteiger partial charge in [0.25, 0.3) is 0 Å². The van der Waals surface area contributed by atoms with Crippen LogP contribution in [-0.2, 0) is 23.6 Å². The van der Waals surface area contributed by atoms with Crippen LogP contribution in [0.1, 0.15) is 53.4 Å². The van der Waals surface area contributed by atoms with E-state index in [-0.39, 0.29) is 13.2 Å². The van der Waals surface area contributed by atoms with Crippen molar-refractivity contribution in [2.75, 3.05) is 26.5 Å². The molecule has 1 atom stereocenters. The molecule has 0 saturated heterocycles. The molecule has 1 unspecified atom stereocenters. The van der Waals surface area contributed by atoms with E-state index in [1.54, 1.807) is 13.1 Å². The fourth-order valence-corrected chi connectivity index (χ4v) is 1.51. The Kier molecular flexibility index (Phi) is 27.6. The highest BCUT2D eigenvalue weighted by Gasteiger charge is 2.08. The fraction of sp³-hybridized carbons (Fsp3) is 0.800. The third-order valence-electron chi connectivity index (χ3n) is 1.95. The average molecular weight is 368 g/mol. The van der Waals surface area contributed by atoms with Crippen LogP contribution in [0.3, 0.4) is 0 Å². The van der Waals surface area contributed by atoms with Crippen molar-refractivity contribution in [3.05, 3.63) is 0 Å². The van der Waals surface area contributed by atoms with Crippen LogP contribution in [0, 0.1) is 0 Å². The number of carbonyl (C=O) groups excluding carboxylic acids is 1. The largest absolute Gasteiger partial charge is 0.396 e. The lowest BCUT2D eigenvalue weighted by Crippen LogP contribution is -1.98. The van der Waals surface area contributed by atoms with Crippen molar-refractivity contribution >= 4 is 26.3 Å². The maximum Gasteiger partial charge on any atom is 0.325 e. The Bertz CT molecular complexity index is 345. The maximum absolute atomic E-state index is 10.5. The van der Waals surface area contributed by atoms with Crippen LogP contribution in [0.5, 0.6) is 0 Å². The topological polar surface area (TPSA) is 107 Å². The van der Waals surface area contributed by atoms with Crippen molar-refractivity contribution in [1.29, 1.82) is 0 Å². The first-order valence-corrected chi connectivity index (χ1v) is 9.96. The first-order valence-electron chi connectivity index (χ1n) is 7.93. The van der Waals surface area contributed by atoms with Gasteiger partial charge >= 0.3 is 7.60 Å². The Morgan fingerprint density at radius 1 is 0.958 bits per heavy atom. The van der Waals surface area contributed by atoms with Gasteiger partial charge in [0.05, 0.1) is 6.61 Å². The summed E-state index contributed by atoms with van der Waals surface area (Å²) in [6.45, 7) is 9.35. The van der Waals surface area contributed by atoms with Crippen molar-refractivity contribution in [2.45, 2.75) is 53.4 Å². The molecule has 0 spiro atoms. The summed E-state index contributed by atoms with van der Waals surface area (Å²) in [6.07, 6.45) is 8.86. The van der Waals surface area contributed by atoms with E-state index in [1.165, 1.54) is 32.4 Å². The SMILES string of the molecule is CC=NOCCCCCC.CC=NOCCOP(C)(=O)O.CC=O.